The fourth-order valence-electron chi connectivity index (χ4n) is 2.60. The van der Waals surface area contributed by atoms with Crippen molar-refractivity contribution in [3.05, 3.63) is 59.5 Å². The highest BCUT2D eigenvalue weighted by molar-refractivity contribution is 5.77. The Bertz CT molecular complexity index is 916. The first-order chi connectivity index (χ1) is 13.0. The van der Waals surface area contributed by atoms with Gasteiger partial charge in [0.2, 0.25) is 11.7 Å². The summed E-state index contributed by atoms with van der Waals surface area (Å²) in [5, 5.41) is 6.63. The molecule has 1 heterocycles. The minimum Gasteiger partial charge on any atom is -0.497 e. The summed E-state index contributed by atoms with van der Waals surface area (Å²) in [7, 11) is 1.59. The van der Waals surface area contributed by atoms with Crippen LogP contribution in [0.25, 0.3) is 11.4 Å². The molecule has 0 aliphatic rings. The molecule has 2 aromatic carbocycles. The number of benzene rings is 2. The molecule has 7 nitrogen and oxygen atoms in total. The van der Waals surface area contributed by atoms with Gasteiger partial charge in [0.25, 0.3) is 5.91 Å². The van der Waals surface area contributed by atoms with Crippen molar-refractivity contribution >= 4 is 5.91 Å². The zero-order valence-corrected chi connectivity index (χ0v) is 15.5. The largest absolute Gasteiger partial charge is 0.497 e. The molecule has 0 unspecified atom stereocenters. The number of methoxy groups -OCH3 is 1. The van der Waals surface area contributed by atoms with Gasteiger partial charge in [-0.15, -0.1) is 0 Å². The van der Waals surface area contributed by atoms with E-state index in [1.165, 1.54) is 0 Å². The Morgan fingerprint density at radius 2 is 1.89 bits per heavy atom. The summed E-state index contributed by atoms with van der Waals surface area (Å²) in [6.07, 6.45) is 0. The normalized spacial score (nSPS) is 10.5. The van der Waals surface area contributed by atoms with E-state index in [0.717, 1.165) is 16.7 Å². The molecular weight excluding hydrogens is 346 g/mol. The minimum atomic E-state index is -0.268. The van der Waals surface area contributed by atoms with Gasteiger partial charge in [-0.2, -0.15) is 4.98 Å². The third-order valence-corrected chi connectivity index (χ3v) is 3.80. The summed E-state index contributed by atoms with van der Waals surface area (Å²) in [4.78, 5) is 16.3. The predicted octanol–water partition coefficient (Wildman–Crippen LogP) is 3.06. The maximum Gasteiger partial charge on any atom is 0.258 e. The summed E-state index contributed by atoms with van der Waals surface area (Å²) < 4.78 is 15.9. The first kappa shape index (κ1) is 18.4. The van der Waals surface area contributed by atoms with Crippen LogP contribution in [0, 0.1) is 13.8 Å². The van der Waals surface area contributed by atoms with Gasteiger partial charge in [0, 0.05) is 5.56 Å². The topological polar surface area (TPSA) is 86.5 Å². The van der Waals surface area contributed by atoms with Crippen molar-refractivity contribution in [3.63, 3.8) is 0 Å². The molecule has 3 aromatic rings. The molecule has 1 aromatic heterocycles. The van der Waals surface area contributed by atoms with Gasteiger partial charge in [0.05, 0.1) is 13.7 Å². The Balaban J connectivity index is 1.52. The average molecular weight is 367 g/mol. The van der Waals surface area contributed by atoms with E-state index >= 15 is 0 Å². The van der Waals surface area contributed by atoms with E-state index in [1.807, 2.05) is 56.3 Å². The molecule has 0 bridgehead atoms. The SMILES string of the molecule is COc1cccc(-c2noc(CNC(=O)COc3cc(C)cc(C)c3)n2)c1. The Morgan fingerprint density at radius 1 is 1.11 bits per heavy atom. The maximum absolute atomic E-state index is 12.0. The third-order valence-electron chi connectivity index (χ3n) is 3.80. The van der Waals surface area contributed by atoms with Crippen LogP contribution in [0.3, 0.4) is 0 Å². The van der Waals surface area contributed by atoms with Gasteiger partial charge >= 0.3 is 0 Å². The van der Waals surface area contributed by atoms with Crippen LogP contribution in [-0.2, 0) is 11.3 Å². The first-order valence-corrected chi connectivity index (χ1v) is 8.48. The zero-order valence-electron chi connectivity index (χ0n) is 15.5. The Hall–Kier alpha value is -3.35. The van der Waals surface area contributed by atoms with Crippen molar-refractivity contribution in [1.29, 1.82) is 0 Å². The van der Waals surface area contributed by atoms with Crippen molar-refractivity contribution in [1.82, 2.24) is 15.5 Å². The molecule has 0 radical (unpaired) electrons. The standard InChI is InChI=1S/C20H21N3O4/c1-13-7-14(2)9-17(8-13)26-12-18(24)21-11-19-22-20(23-27-19)15-5-4-6-16(10-15)25-3/h4-10H,11-12H2,1-3H3,(H,21,24). The zero-order chi connectivity index (χ0) is 19.2. The molecule has 140 valence electrons. The van der Waals surface area contributed by atoms with E-state index in [1.54, 1.807) is 7.11 Å². The summed E-state index contributed by atoms with van der Waals surface area (Å²) >= 11 is 0. The van der Waals surface area contributed by atoms with Crippen molar-refractivity contribution in [2.75, 3.05) is 13.7 Å². The molecular formula is C20H21N3O4. The minimum absolute atomic E-state index is 0.0836. The van der Waals surface area contributed by atoms with E-state index in [2.05, 4.69) is 15.5 Å². The van der Waals surface area contributed by atoms with Crippen LogP contribution < -0.4 is 14.8 Å². The summed E-state index contributed by atoms with van der Waals surface area (Å²) in [6, 6.07) is 13.2. The second-order valence-corrected chi connectivity index (χ2v) is 6.13. The lowest BCUT2D eigenvalue weighted by Gasteiger charge is -2.08. The fraction of sp³-hybridized carbons (Fsp3) is 0.250. The maximum atomic E-state index is 12.0. The molecule has 1 amide bonds. The van der Waals surface area contributed by atoms with Crippen molar-refractivity contribution in [3.8, 4) is 22.9 Å². The van der Waals surface area contributed by atoms with Gasteiger partial charge in [0.15, 0.2) is 6.61 Å². The van der Waals surface area contributed by atoms with Crippen molar-refractivity contribution in [2.45, 2.75) is 20.4 Å². The fourth-order valence-corrected chi connectivity index (χ4v) is 2.60. The number of carbonyl (C=O) groups excluding carboxylic acids is 1. The Morgan fingerprint density at radius 3 is 2.63 bits per heavy atom. The van der Waals surface area contributed by atoms with E-state index in [4.69, 9.17) is 14.0 Å². The Kier molecular flexibility index (Phi) is 5.71. The van der Waals surface area contributed by atoms with Gasteiger partial charge in [-0.1, -0.05) is 23.4 Å². The molecule has 1 N–H and O–H groups in total. The van der Waals surface area contributed by atoms with E-state index < -0.39 is 0 Å². The molecule has 0 spiro atoms. The van der Waals surface area contributed by atoms with Crippen LogP contribution >= 0.6 is 0 Å². The van der Waals surface area contributed by atoms with Crippen molar-refractivity contribution < 1.29 is 18.8 Å². The van der Waals surface area contributed by atoms with Gasteiger partial charge in [-0.25, -0.2) is 0 Å². The highest BCUT2D eigenvalue weighted by Gasteiger charge is 2.11. The lowest BCUT2D eigenvalue weighted by Crippen LogP contribution is -2.28. The molecule has 0 saturated heterocycles. The second-order valence-electron chi connectivity index (χ2n) is 6.13. The lowest BCUT2D eigenvalue weighted by atomic mass is 10.1. The van der Waals surface area contributed by atoms with Gasteiger partial charge in [-0.05, 0) is 49.2 Å². The van der Waals surface area contributed by atoms with E-state index in [-0.39, 0.29) is 19.1 Å². The van der Waals surface area contributed by atoms with E-state index in [0.29, 0.717) is 23.2 Å². The number of carbonyl (C=O) groups is 1. The number of hydrogen-bond acceptors (Lipinski definition) is 6. The number of hydrogen-bond donors (Lipinski definition) is 1. The summed E-state index contributed by atoms with van der Waals surface area (Å²) in [6.45, 7) is 4.01. The monoisotopic (exact) mass is 367 g/mol. The second kappa shape index (κ2) is 8.35. The molecule has 0 aliphatic heterocycles. The number of nitrogens with zero attached hydrogens (tertiary/aromatic N) is 2. The van der Waals surface area contributed by atoms with Gasteiger partial charge in [0.1, 0.15) is 11.5 Å². The molecule has 0 atom stereocenters. The molecule has 7 heteroatoms. The molecule has 0 fully saturated rings. The van der Waals surface area contributed by atoms with Crippen LogP contribution in [-0.4, -0.2) is 29.8 Å². The molecule has 0 saturated carbocycles. The molecule has 0 aliphatic carbocycles. The number of nitrogens with one attached hydrogen (secondary N) is 1. The number of rotatable bonds is 7. The summed E-state index contributed by atoms with van der Waals surface area (Å²) in [5.41, 5.74) is 2.94. The smallest absolute Gasteiger partial charge is 0.258 e. The van der Waals surface area contributed by atoms with Gasteiger partial charge in [-0.3, -0.25) is 4.79 Å². The third kappa shape index (κ3) is 5.07. The van der Waals surface area contributed by atoms with Crippen LogP contribution in [0.4, 0.5) is 0 Å². The predicted molar refractivity (Wildman–Crippen MR) is 99.5 cm³/mol. The number of aromatic nitrogens is 2. The van der Waals surface area contributed by atoms with Crippen LogP contribution in [0.15, 0.2) is 47.0 Å². The van der Waals surface area contributed by atoms with Crippen molar-refractivity contribution in [2.24, 2.45) is 0 Å². The highest BCUT2D eigenvalue weighted by Crippen LogP contribution is 2.21. The molecule has 3 rings (SSSR count). The average Bonchev–Trinajstić information content (AvgIpc) is 3.13. The van der Waals surface area contributed by atoms with Crippen LogP contribution in [0.2, 0.25) is 0 Å². The quantitative estimate of drug-likeness (QED) is 0.691. The highest BCUT2D eigenvalue weighted by atomic mass is 16.5. The van der Waals surface area contributed by atoms with Crippen LogP contribution in [0.5, 0.6) is 11.5 Å². The number of aryl methyl sites for hydroxylation is 2. The van der Waals surface area contributed by atoms with Crippen LogP contribution in [0.1, 0.15) is 17.0 Å². The summed E-state index contributed by atoms with van der Waals surface area (Å²) in [5.74, 6) is 1.85. The lowest BCUT2D eigenvalue weighted by molar-refractivity contribution is -0.123. The van der Waals surface area contributed by atoms with E-state index in [9.17, 15) is 4.79 Å². The number of ether oxygens (including phenoxy) is 2. The Labute approximate surface area is 157 Å². The van der Waals surface area contributed by atoms with Gasteiger partial charge < -0.3 is 19.3 Å². The first-order valence-electron chi connectivity index (χ1n) is 8.48. The molecule has 27 heavy (non-hydrogen) atoms. The number of amides is 1.